The second-order valence-corrected chi connectivity index (χ2v) is 7.28. The van der Waals surface area contributed by atoms with E-state index in [4.69, 9.17) is 4.74 Å². The van der Waals surface area contributed by atoms with Gasteiger partial charge in [-0.25, -0.2) is 4.98 Å². The van der Waals surface area contributed by atoms with E-state index in [9.17, 15) is 18.0 Å². The number of fused-ring (bicyclic) bond motifs is 1. The molecule has 1 amide bonds. The van der Waals surface area contributed by atoms with Crippen LogP contribution in [0.5, 0.6) is 5.88 Å². The van der Waals surface area contributed by atoms with Crippen LogP contribution in [0.1, 0.15) is 35.6 Å². The fraction of sp³-hybridized carbons (Fsp3) is 0.400. The summed E-state index contributed by atoms with van der Waals surface area (Å²) in [6.07, 6.45) is 2.49. The van der Waals surface area contributed by atoms with Crippen molar-refractivity contribution in [2.75, 3.05) is 13.7 Å². The summed E-state index contributed by atoms with van der Waals surface area (Å²) >= 11 is 0. The molecule has 1 N–H and O–H groups in total. The van der Waals surface area contributed by atoms with Crippen molar-refractivity contribution in [3.63, 3.8) is 0 Å². The van der Waals surface area contributed by atoms with Gasteiger partial charge in [0.15, 0.2) is 6.61 Å². The number of carbonyl (C=O) groups is 1. The van der Waals surface area contributed by atoms with Crippen LogP contribution < -0.4 is 10.1 Å². The number of pyridine rings is 2. The van der Waals surface area contributed by atoms with E-state index in [1.54, 1.807) is 24.0 Å². The van der Waals surface area contributed by atoms with Crippen LogP contribution in [0, 0.1) is 0 Å². The Balaban J connectivity index is 1.56. The molecule has 0 bridgehead atoms. The van der Waals surface area contributed by atoms with Gasteiger partial charge in [-0.15, -0.1) is 0 Å². The Hall–Kier alpha value is -3.17. The van der Waals surface area contributed by atoms with Gasteiger partial charge < -0.3 is 10.1 Å². The van der Waals surface area contributed by atoms with E-state index in [-0.39, 0.29) is 24.1 Å². The lowest BCUT2D eigenvalue weighted by atomic mass is 10.1. The first kappa shape index (κ1) is 20.1. The Kier molecular flexibility index (Phi) is 5.31. The first-order valence-corrected chi connectivity index (χ1v) is 9.52. The van der Waals surface area contributed by atoms with Gasteiger partial charge in [-0.3, -0.25) is 14.5 Å². The molecular weight excluding hydrogens is 399 g/mol. The van der Waals surface area contributed by atoms with Gasteiger partial charge in [0.05, 0.1) is 24.2 Å². The minimum Gasteiger partial charge on any atom is -0.468 e. The van der Waals surface area contributed by atoms with E-state index in [1.807, 2.05) is 12.3 Å². The maximum atomic E-state index is 12.5. The van der Waals surface area contributed by atoms with Gasteiger partial charge in [-0.2, -0.15) is 18.3 Å². The lowest BCUT2D eigenvalue weighted by Gasteiger charge is -2.13. The van der Waals surface area contributed by atoms with Crippen molar-refractivity contribution in [2.24, 2.45) is 0 Å². The molecular formula is C20H20F3N5O2. The van der Waals surface area contributed by atoms with Crippen LogP contribution in [0.15, 0.2) is 30.7 Å². The molecule has 1 saturated carbocycles. The number of alkyl halides is 3. The largest absolute Gasteiger partial charge is 0.468 e. The zero-order valence-corrected chi connectivity index (χ0v) is 16.2. The highest BCUT2D eigenvalue weighted by atomic mass is 19.4. The summed E-state index contributed by atoms with van der Waals surface area (Å²) in [6.45, 7) is -0.967. The molecule has 3 aromatic heterocycles. The summed E-state index contributed by atoms with van der Waals surface area (Å²) in [5.41, 5.74) is 2.86. The van der Waals surface area contributed by atoms with Crippen LogP contribution in [0.2, 0.25) is 0 Å². The highest BCUT2D eigenvalue weighted by Gasteiger charge is 2.32. The molecule has 1 aliphatic carbocycles. The summed E-state index contributed by atoms with van der Waals surface area (Å²) in [5.74, 6) is 0.0810. The van der Waals surface area contributed by atoms with E-state index < -0.39 is 12.8 Å². The number of hydrogen-bond acceptors (Lipinski definition) is 5. The molecule has 0 unspecified atom stereocenters. The van der Waals surface area contributed by atoms with Gasteiger partial charge in [0, 0.05) is 36.6 Å². The zero-order valence-electron chi connectivity index (χ0n) is 16.2. The average Bonchev–Trinajstić information content (AvgIpc) is 3.46. The monoisotopic (exact) mass is 419 g/mol. The number of ether oxygens (including phenoxy) is 1. The molecule has 0 aromatic carbocycles. The minimum absolute atomic E-state index is 0.0428. The van der Waals surface area contributed by atoms with Crippen molar-refractivity contribution in [1.29, 1.82) is 0 Å². The molecule has 0 radical (unpaired) electrons. The Morgan fingerprint density at radius 1 is 1.33 bits per heavy atom. The first-order valence-electron chi connectivity index (χ1n) is 9.52. The van der Waals surface area contributed by atoms with Gasteiger partial charge in [-0.1, -0.05) is 0 Å². The van der Waals surface area contributed by atoms with E-state index in [1.165, 1.54) is 6.20 Å². The van der Waals surface area contributed by atoms with Crippen molar-refractivity contribution >= 4 is 16.8 Å². The normalized spacial score (nSPS) is 14.1. The quantitative estimate of drug-likeness (QED) is 0.637. The summed E-state index contributed by atoms with van der Waals surface area (Å²) in [4.78, 5) is 20.1. The van der Waals surface area contributed by atoms with Crippen LogP contribution in [0.4, 0.5) is 13.2 Å². The molecule has 0 spiro atoms. The van der Waals surface area contributed by atoms with Crippen molar-refractivity contribution in [3.8, 4) is 5.88 Å². The summed E-state index contributed by atoms with van der Waals surface area (Å²) < 4.78 is 44.1. The number of aromatic nitrogens is 4. The van der Waals surface area contributed by atoms with Gasteiger partial charge in [-0.05, 0) is 36.5 Å². The molecule has 3 heterocycles. The molecule has 0 atom stereocenters. The Bertz CT molecular complexity index is 1080. The lowest BCUT2D eigenvalue weighted by molar-refractivity contribution is -0.154. The molecule has 3 aromatic rings. The van der Waals surface area contributed by atoms with Crippen LogP contribution in [-0.4, -0.2) is 45.5 Å². The third-order valence-electron chi connectivity index (χ3n) is 4.84. The Morgan fingerprint density at radius 2 is 2.13 bits per heavy atom. The molecule has 4 rings (SSSR count). The molecule has 7 nitrogen and oxygen atoms in total. The van der Waals surface area contributed by atoms with Crippen molar-refractivity contribution in [2.45, 2.75) is 37.9 Å². The first-order chi connectivity index (χ1) is 14.3. The molecule has 0 saturated heterocycles. The Morgan fingerprint density at radius 3 is 2.83 bits per heavy atom. The predicted molar refractivity (Wildman–Crippen MR) is 102 cm³/mol. The minimum atomic E-state index is -4.41. The highest BCUT2D eigenvalue weighted by Crippen LogP contribution is 2.44. The number of amides is 1. The maximum Gasteiger partial charge on any atom is 0.422 e. The number of hydrogen-bond donors (Lipinski definition) is 1. The van der Waals surface area contributed by atoms with E-state index in [2.05, 4.69) is 20.4 Å². The van der Waals surface area contributed by atoms with Gasteiger partial charge in [0.25, 0.3) is 0 Å². The molecule has 1 aliphatic rings. The van der Waals surface area contributed by atoms with Gasteiger partial charge >= 0.3 is 6.18 Å². The highest BCUT2D eigenvalue weighted by molar-refractivity contribution is 5.86. The third kappa shape index (κ3) is 4.69. The second kappa shape index (κ2) is 7.92. The van der Waals surface area contributed by atoms with Crippen LogP contribution in [0.3, 0.4) is 0 Å². The summed E-state index contributed by atoms with van der Waals surface area (Å²) in [5, 5.41) is 7.88. The topological polar surface area (TPSA) is 81.9 Å². The fourth-order valence-corrected chi connectivity index (χ4v) is 3.26. The number of rotatable bonds is 7. The van der Waals surface area contributed by atoms with Crippen molar-refractivity contribution < 1.29 is 22.7 Å². The predicted octanol–water partition coefficient (Wildman–Crippen LogP) is 2.98. The van der Waals surface area contributed by atoms with E-state index in [0.29, 0.717) is 23.3 Å². The third-order valence-corrected chi connectivity index (χ3v) is 4.84. The van der Waals surface area contributed by atoms with Crippen molar-refractivity contribution in [1.82, 2.24) is 25.1 Å². The molecule has 1 fully saturated rings. The van der Waals surface area contributed by atoms with E-state index >= 15 is 0 Å². The maximum absolute atomic E-state index is 12.5. The van der Waals surface area contributed by atoms with Crippen LogP contribution in [-0.2, 0) is 17.8 Å². The summed E-state index contributed by atoms with van der Waals surface area (Å²) in [7, 11) is 1.57. The number of carbonyl (C=O) groups excluding carboxylic acids is 1. The SMILES string of the molecule is CNC(=O)Cc1nccc2nn(Cc3cnc(OCC(F)(F)F)c(C4CC4)c3)cc12. The number of halogens is 3. The van der Waals surface area contributed by atoms with Crippen LogP contribution >= 0.6 is 0 Å². The molecule has 0 aliphatic heterocycles. The molecule has 10 heteroatoms. The van der Waals surface area contributed by atoms with Crippen molar-refractivity contribution in [3.05, 3.63) is 47.5 Å². The van der Waals surface area contributed by atoms with Gasteiger partial charge in [0.1, 0.15) is 0 Å². The van der Waals surface area contributed by atoms with Crippen LogP contribution in [0.25, 0.3) is 10.9 Å². The number of likely N-dealkylation sites (N-methyl/N-ethyl adjacent to an activating group) is 1. The number of nitrogens with one attached hydrogen (secondary N) is 1. The van der Waals surface area contributed by atoms with E-state index in [0.717, 1.165) is 23.8 Å². The summed E-state index contributed by atoms with van der Waals surface area (Å²) in [6, 6.07) is 3.60. The Labute approximate surface area is 170 Å². The second-order valence-electron chi connectivity index (χ2n) is 7.28. The zero-order chi connectivity index (χ0) is 21.3. The molecule has 30 heavy (non-hydrogen) atoms. The lowest BCUT2D eigenvalue weighted by Crippen LogP contribution is -2.20. The average molecular weight is 419 g/mol. The number of nitrogens with zero attached hydrogens (tertiary/aromatic N) is 4. The van der Waals surface area contributed by atoms with Gasteiger partial charge in [0.2, 0.25) is 11.8 Å². The standard InChI is InChI=1S/C20H20F3N5O2/c1-24-18(29)7-17-15-10-28(27-16(15)4-5-25-17)9-12-6-14(13-2-3-13)19(26-8-12)30-11-20(21,22)23/h4-6,8,10,13H,2-3,7,9,11H2,1H3,(H,24,29). The molecule has 158 valence electrons. The smallest absolute Gasteiger partial charge is 0.422 e. The fourth-order valence-electron chi connectivity index (χ4n) is 3.26.